The normalized spacial score (nSPS) is 13.8. The standard InChI is InChI=1S/C85H166O17P2/c1-7-9-11-13-15-17-19-21-23-25-27-28-29-30-32-34-36-38-44-51-57-63-69-84(89)101-80(73-95-82(87)67-61-55-49-43-37-35-33-31-26-24-22-20-18-16-14-12-10-8-2)75-99-103(91,92)97-71-79(86)72-98-104(93,94)100-76-81(102-85(90)70-64-58-52-46-40-42-48-54-60-66-78(5)6)74-96-83(88)68-62-56-50-45-39-41-47-53-59-65-77(3)4/h77-81,86H,7-76H2,1-6H3,(H,91,92)(H,93,94)/t79-,80-,81-/m1/s1. The van der Waals surface area contributed by atoms with Gasteiger partial charge in [0.15, 0.2) is 12.2 Å². The Labute approximate surface area is 638 Å². The first-order valence-corrected chi connectivity index (χ1v) is 47.0. The van der Waals surface area contributed by atoms with Gasteiger partial charge in [-0.05, 0) is 37.5 Å². The molecule has 0 bridgehead atoms. The van der Waals surface area contributed by atoms with Gasteiger partial charge in [0.1, 0.15) is 19.3 Å². The predicted octanol–water partition coefficient (Wildman–Crippen LogP) is 25.8. The fourth-order valence-electron chi connectivity index (χ4n) is 13.2. The zero-order valence-electron chi connectivity index (χ0n) is 68.3. The quantitative estimate of drug-likeness (QED) is 0.0222. The molecule has 0 aromatic carbocycles. The Balaban J connectivity index is 5.22. The molecule has 0 aliphatic carbocycles. The summed E-state index contributed by atoms with van der Waals surface area (Å²) in [6.07, 6.45) is 68.2. The van der Waals surface area contributed by atoms with E-state index < -0.39 is 97.5 Å². The van der Waals surface area contributed by atoms with E-state index in [0.29, 0.717) is 25.7 Å². The summed E-state index contributed by atoms with van der Waals surface area (Å²) in [4.78, 5) is 73.2. The van der Waals surface area contributed by atoms with E-state index >= 15 is 0 Å². The third-order valence-corrected chi connectivity index (χ3v) is 21.9. The van der Waals surface area contributed by atoms with Crippen molar-refractivity contribution in [3.63, 3.8) is 0 Å². The van der Waals surface area contributed by atoms with Crippen LogP contribution in [0.4, 0.5) is 0 Å². The maximum Gasteiger partial charge on any atom is 0.472 e. The summed E-state index contributed by atoms with van der Waals surface area (Å²) in [5, 5.41) is 10.7. The van der Waals surface area contributed by atoms with Crippen LogP contribution in [0.15, 0.2) is 0 Å². The van der Waals surface area contributed by atoms with Crippen molar-refractivity contribution in [2.75, 3.05) is 39.6 Å². The molecule has 17 nitrogen and oxygen atoms in total. The van der Waals surface area contributed by atoms with Gasteiger partial charge in [-0.15, -0.1) is 0 Å². The number of esters is 4. The van der Waals surface area contributed by atoms with Crippen LogP contribution in [0, 0.1) is 11.8 Å². The van der Waals surface area contributed by atoms with Gasteiger partial charge in [-0.2, -0.15) is 0 Å². The third kappa shape index (κ3) is 78.2. The minimum atomic E-state index is -4.97. The zero-order valence-corrected chi connectivity index (χ0v) is 70.1. The lowest BCUT2D eigenvalue weighted by molar-refractivity contribution is -0.161. The number of aliphatic hydroxyl groups excluding tert-OH is 1. The van der Waals surface area contributed by atoms with Gasteiger partial charge in [-0.25, -0.2) is 9.13 Å². The first-order chi connectivity index (χ1) is 50.4. The highest BCUT2D eigenvalue weighted by Crippen LogP contribution is 2.45. The Morgan fingerprint density at radius 3 is 0.654 bits per heavy atom. The van der Waals surface area contributed by atoms with Crippen molar-refractivity contribution < 1.29 is 80.2 Å². The molecule has 0 aromatic heterocycles. The predicted molar refractivity (Wildman–Crippen MR) is 428 cm³/mol. The highest BCUT2D eigenvalue weighted by atomic mass is 31.2. The van der Waals surface area contributed by atoms with Crippen LogP contribution < -0.4 is 0 Å². The summed E-state index contributed by atoms with van der Waals surface area (Å²) in [6.45, 7) is 9.61. The van der Waals surface area contributed by atoms with Crippen molar-refractivity contribution in [2.45, 2.75) is 471 Å². The SMILES string of the molecule is CCCCCCCCCCCCCCCCCCCCCCCCC(=O)O[C@H](COC(=O)CCCCCCCCCCCCCCCCCCCC)COP(=O)(O)OC[C@@H](O)COP(=O)(O)OC[C@@H](COC(=O)CCCCCCCCCCCC(C)C)OC(=O)CCCCCCCCCCCC(C)C. The maximum atomic E-state index is 13.1. The molecular formula is C85H166O17P2. The zero-order chi connectivity index (χ0) is 76.4. The number of aliphatic hydroxyl groups is 1. The van der Waals surface area contributed by atoms with Crippen LogP contribution in [0.5, 0.6) is 0 Å². The van der Waals surface area contributed by atoms with E-state index in [9.17, 15) is 43.2 Å². The summed E-state index contributed by atoms with van der Waals surface area (Å²) in [5.74, 6) is -0.626. The summed E-state index contributed by atoms with van der Waals surface area (Å²) < 4.78 is 68.8. The van der Waals surface area contributed by atoms with Crippen LogP contribution in [0.1, 0.15) is 452 Å². The van der Waals surface area contributed by atoms with Gasteiger partial charge in [-0.1, -0.05) is 401 Å². The molecule has 0 spiro atoms. The summed E-state index contributed by atoms with van der Waals surface area (Å²) in [6, 6.07) is 0. The molecule has 0 radical (unpaired) electrons. The largest absolute Gasteiger partial charge is 0.472 e. The molecule has 0 saturated heterocycles. The van der Waals surface area contributed by atoms with E-state index in [1.54, 1.807) is 0 Å². The molecule has 104 heavy (non-hydrogen) atoms. The second-order valence-corrected chi connectivity index (χ2v) is 34.4. The number of hydrogen-bond acceptors (Lipinski definition) is 15. The van der Waals surface area contributed by atoms with Crippen LogP contribution in [0.3, 0.4) is 0 Å². The second kappa shape index (κ2) is 76.4. The third-order valence-electron chi connectivity index (χ3n) is 20.0. The molecule has 19 heteroatoms. The van der Waals surface area contributed by atoms with Gasteiger partial charge < -0.3 is 33.8 Å². The molecule has 0 aliphatic heterocycles. The van der Waals surface area contributed by atoms with Gasteiger partial charge in [0.25, 0.3) is 0 Å². The van der Waals surface area contributed by atoms with Crippen molar-refractivity contribution in [3.05, 3.63) is 0 Å². The smallest absolute Gasteiger partial charge is 0.462 e. The lowest BCUT2D eigenvalue weighted by Gasteiger charge is -2.21. The van der Waals surface area contributed by atoms with E-state index in [2.05, 4.69) is 41.5 Å². The monoisotopic (exact) mass is 1520 g/mol. The number of carbonyl (C=O) groups excluding carboxylic acids is 4. The van der Waals surface area contributed by atoms with Crippen molar-refractivity contribution in [1.82, 2.24) is 0 Å². The van der Waals surface area contributed by atoms with Crippen LogP contribution in [-0.2, 0) is 65.4 Å². The molecule has 0 aromatic rings. The lowest BCUT2D eigenvalue weighted by Crippen LogP contribution is -2.30. The number of hydrogen-bond donors (Lipinski definition) is 3. The number of unbranched alkanes of at least 4 members (excludes halogenated alkanes) is 54. The molecule has 5 atom stereocenters. The average molecular weight is 1520 g/mol. The molecule has 0 rings (SSSR count). The Hall–Kier alpha value is -1.94. The summed E-state index contributed by atoms with van der Waals surface area (Å²) in [5.41, 5.74) is 0. The average Bonchev–Trinajstić information content (AvgIpc) is 0.911. The second-order valence-electron chi connectivity index (χ2n) is 31.5. The fraction of sp³-hybridized carbons (Fsp3) is 0.953. The van der Waals surface area contributed by atoms with E-state index in [1.165, 1.54) is 270 Å². The van der Waals surface area contributed by atoms with Gasteiger partial charge in [0, 0.05) is 25.7 Å². The van der Waals surface area contributed by atoms with Crippen LogP contribution in [-0.4, -0.2) is 96.7 Å². The molecule has 0 saturated carbocycles. The maximum absolute atomic E-state index is 13.1. The summed E-state index contributed by atoms with van der Waals surface area (Å²) >= 11 is 0. The van der Waals surface area contributed by atoms with E-state index in [4.69, 9.17) is 37.0 Å². The Morgan fingerprint density at radius 2 is 0.442 bits per heavy atom. The molecule has 0 amide bonds. The molecule has 0 fully saturated rings. The molecule has 2 unspecified atom stereocenters. The first-order valence-electron chi connectivity index (χ1n) is 44.0. The lowest BCUT2D eigenvalue weighted by atomic mass is 10.0. The number of phosphoric ester groups is 2. The molecule has 3 N–H and O–H groups in total. The Kier molecular flexibility index (Phi) is 75.0. The highest BCUT2D eigenvalue weighted by Gasteiger charge is 2.30. The molecule has 618 valence electrons. The first kappa shape index (κ1) is 102. The Morgan fingerprint density at radius 1 is 0.260 bits per heavy atom. The number of carbonyl (C=O) groups is 4. The van der Waals surface area contributed by atoms with Crippen LogP contribution in [0.25, 0.3) is 0 Å². The van der Waals surface area contributed by atoms with E-state index in [1.807, 2.05) is 0 Å². The van der Waals surface area contributed by atoms with Crippen molar-refractivity contribution in [1.29, 1.82) is 0 Å². The topological polar surface area (TPSA) is 237 Å². The van der Waals surface area contributed by atoms with Crippen LogP contribution >= 0.6 is 15.6 Å². The summed E-state index contributed by atoms with van der Waals surface area (Å²) in [7, 11) is -9.93. The number of phosphoric acid groups is 2. The Bertz CT molecular complexity index is 1990. The van der Waals surface area contributed by atoms with Gasteiger partial charge >= 0.3 is 39.5 Å². The minimum absolute atomic E-state index is 0.105. The minimum Gasteiger partial charge on any atom is -0.462 e. The fourth-order valence-corrected chi connectivity index (χ4v) is 14.8. The molecule has 0 aliphatic rings. The van der Waals surface area contributed by atoms with Crippen molar-refractivity contribution in [3.8, 4) is 0 Å². The van der Waals surface area contributed by atoms with E-state index in [0.717, 1.165) is 102 Å². The van der Waals surface area contributed by atoms with Gasteiger partial charge in [0.2, 0.25) is 0 Å². The number of rotatable bonds is 84. The van der Waals surface area contributed by atoms with Crippen LogP contribution in [0.2, 0.25) is 0 Å². The van der Waals surface area contributed by atoms with Crippen molar-refractivity contribution in [2.24, 2.45) is 11.8 Å². The number of ether oxygens (including phenoxy) is 4. The van der Waals surface area contributed by atoms with Gasteiger partial charge in [0.05, 0.1) is 26.4 Å². The highest BCUT2D eigenvalue weighted by molar-refractivity contribution is 7.47. The van der Waals surface area contributed by atoms with Gasteiger partial charge in [-0.3, -0.25) is 37.3 Å². The van der Waals surface area contributed by atoms with Crippen molar-refractivity contribution >= 4 is 39.5 Å². The molecule has 0 heterocycles. The molecular weight excluding hydrogens is 1350 g/mol. The van der Waals surface area contributed by atoms with E-state index in [-0.39, 0.29) is 25.7 Å².